The Bertz CT molecular complexity index is 433. The molecule has 0 atom stereocenters. The molecule has 0 heterocycles. The summed E-state index contributed by atoms with van der Waals surface area (Å²) < 4.78 is 20.0. The molecule has 0 unspecified atom stereocenters. The molecule has 0 aliphatic heterocycles. The molecule has 0 aliphatic rings. The minimum atomic E-state index is -0.667. The molecule has 0 spiro atoms. The molecular formula is C20H36O9. The summed E-state index contributed by atoms with van der Waals surface area (Å²) >= 11 is 0. The summed E-state index contributed by atoms with van der Waals surface area (Å²) in [6.45, 7) is 13.1. The van der Waals surface area contributed by atoms with E-state index in [0.29, 0.717) is 44.0 Å². The number of carbonyl (C=O) groups excluding carboxylic acids is 2. The van der Waals surface area contributed by atoms with Crippen LogP contribution in [0.4, 0.5) is 0 Å². The molecule has 170 valence electrons. The highest BCUT2D eigenvalue weighted by Gasteiger charge is 2.24. The first-order valence-electron chi connectivity index (χ1n) is 9.33. The predicted molar refractivity (Wildman–Crippen MR) is 107 cm³/mol. The summed E-state index contributed by atoms with van der Waals surface area (Å²) in [5, 5.41) is 26.0. The standard InChI is InChI=1S/C14H22O6.C6H14O3/c1-11(2)13(15)19-9-7-17-5-6-18-8-10-20-14(16)12(3)4;1-2-6(3-7,4-8)5-9/h1,3,5-10H2,2,4H3;7-9H,2-5H2,1H3. The molecule has 0 aliphatic carbocycles. The molecule has 0 saturated heterocycles. The molecular weight excluding hydrogens is 384 g/mol. The molecule has 0 aromatic rings. The first kappa shape index (κ1) is 29.4. The third kappa shape index (κ3) is 15.8. The third-order valence-electron chi connectivity index (χ3n) is 3.75. The van der Waals surface area contributed by atoms with Crippen molar-refractivity contribution >= 4 is 11.9 Å². The zero-order valence-corrected chi connectivity index (χ0v) is 17.8. The van der Waals surface area contributed by atoms with Gasteiger partial charge >= 0.3 is 11.9 Å². The molecule has 0 aromatic heterocycles. The van der Waals surface area contributed by atoms with Gasteiger partial charge in [-0.2, -0.15) is 0 Å². The van der Waals surface area contributed by atoms with Gasteiger partial charge in [-0.25, -0.2) is 9.59 Å². The van der Waals surface area contributed by atoms with Crippen molar-refractivity contribution in [3.05, 3.63) is 24.3 Å². The van der Waals surface area contributed by atoms with Gasteiger partial charge in [-0.3, -0.25) is 0 Å². The van der Waals surface area contributed by atoms with E-state index in [9.17, 15) is 9.59 Å². The van der Waals surface area contributed by atoms with Crippen LogP contribution in [-0.4, -0.2) is 86.7 Å². The van der Waals surface area contributed by atoms with Gasteiger partial charge in [0.25, 0.3) is 0 Å². The van der Waals surface area contributed by atoms with Crippen molar-refractivity contribution in [2.45, 2.75) is 27.2 Å². The maximum Gasteiger partial charge on any atom is 0.333 e. The largest absolute Gasteiger partial charge is 0.460 e. The second-order valence-corrected chi connectivity index (χ2v) is 6.39. The summed E-state index contributed by atoms with van der Waals surface area (Å²) in [4.78, 5) is 22.0. The Morgan fingerprint density at radius 2 is 1.03 bits per heavy atom. The number of rotatable bonds is 15. The average molecular weight is 420 g/mol. The first-order chi connectivity index (χ1) is 13.7. The van der Waals surface area contributed by atoms with Crippen LogP contribution in [0.5, 0.6) is 0 Å². The summed E-state index contributed by atoms with van der Waals surface area (Å²) in [5.74, 6) is -0.853. The van der Waals surface area contributed by atoms with Gasteiger partial charge in [0.05, 0.1) is 46.2 Å². The fourth-order valence-corrected chi connectivity index (χ4v) is 1.44. The van der Waals surface area contributed by atoms with E-state index in [1.807, 2.05) is 6.92 Å². The van der Waals surface area contributed by atoms with Gasteiger partial charge < -0.3 is 34.3 Å². The molecule has 0 radical (unpaired) electrons. The van der Waals surface area contributed by atoms with Crippen LogP contribution in [0.2, 0.25) is 0 Å². The average Bonchev–Trinajstić information content (AvgIpc) is 2.71. The fourth-order valence-electron chi connectivity index (χ4n) is 1.44. The fraction of sp³-hybridized carbons (Fsp3) is 0.700. The SMILES string of the molecule is C=C(C)C(=O)OCCOCCOCCOC(=O)C(=C)C.CCC(CO)(CO)CO. The summed E-state index contributed by atoms with van der Waals surface area (Å²) in [7, 11) is 0. The van der Waals surface area contributed by atoms with E-state index in [4.69, 9.17) is 34.3 Å². The van der Waals surface area contributed by atoms with Gasteiger partial charge in [0.2, 0.25) is 0 Å². The lowest BCUT2D eigenvalue weighted by molar-refractivity contribution is -0.142. The van der Waals surface area contributed by atoms with Gasteiger partial charge in [0, 0.05) is 16.6 Å². The quantitative estimate of drug-likeness (QED) is 0.198. The van der Waals surface area contributed by atoms with Gasteiger partial charge in [-0.05, 0) is 20.3 Å². The lowest BCUT2D eigenvalue weighted by Gasteiger charge is -2.24. The highest BCUT2D eigenvalue weighted by atomic mass is 16.6. The monoisotopic (exact) mass is 420 g/mol. The minimum Gasteiger partial charge on any atom is -0.460 e. The number of ether oxygens (including phenoxy) is 4. The molecule has 3 N–H and O–H groups in total. The number of esters is 2. The Balaban J connectivity index is 0. The van der Waals surface area contributed by atoms with E-state index in [0.717, 1.165) is 0 Å². The van der Waals surface area contributed by atoms with E-state index in [2.05, 4.69) is 13.2 Å². The van der Waals surface area contributed by atoms with E-state index in [1.54, 1.807) is 13.8 Å². The number of hydrogen-bond donors (Lipinski definition) is 3. The second kappa shape index (κ2) is 18.3. The molecule has 29 heavy (non-hydrogen) atoms. The lowest BCUT2D eigenvalue weighted by atomic mass is 9.88. The van der Waals surface area contributed by atoms with Crippen LogP contribution in [-0.2, 0) is 28.5 Å². The summed E-state index contributed by atoms with van der Waals surface area (Å²) in [6, 6.07) is 0. The Morgan fingerprint density at radius 1 is 0.724 bits per heavy atom. The van der Waals surface area contributed by atoms with E-state index >= 15 is 0 Å². The zero-order valence-electron chi connectivity index (χ0n) is 17.8. The number of carbonyl (C=O) groups is 2. The highest BCUT2D eigenvalue weighted by Crippen LogP contribution is 2.18. The summed E-state index contributed by atoms with van der Waals surface area (Å²) in [6.07, 6.45) is 0.594. The normalized spacial score (nSPS) is 10.6. The van der Waals surface area contributed by atoms with E-state index < -0.39 is 17.4 Å². The molecule has 0 bridgehead atoms. The van der Waals surface area contributed by atoms with Crippen molar-refractivity contribution in [1.29, 1.82) is 0 Å². The minimum absolute atomic E-state index is 0.156. The molecule has 0 rings (SSSR count). The number of aliphatic hydroxyl groups excluding tert-OH is 3. The van der Waals surface area contributed by atoms with Crippen molar-refractivity contribution in [2.24, 2.45) is 5.41 Å². The van der Waals surface area contributed by atoms with Gasteiger partial charge in [0.15, 0.2) is 0 Å². The van der Waals surface area contributed by atoms with Gasteiger partial charge in [0.1, 0.15) is 13.2 Å². The highest BCUT2D eigenvalue weighted by molar-refractivity contribution is 5.87. The smallest absolute Gasteiger partial charge is 0.333 e. The molecule has 9 nitrogen and oxygen atoms in total. The van der Waals surface area contributed by atoms with E-state index in [-0.39, 0.29) is 33.0 Å². The van der Waals surface area contributed by atoms with Gasteiger partial charge in [-0.1, -0.05) is 20.1 Å². The molecule has 0 aromatic carbocycles. The summed E-state index contributed by atoms with van der Waals surface area (Å²) in [5.41, 5.74) is 0.0512. The van der Waals surface area contributed by atoms with Gasteiger partial charge in [-0.15, -0.1) is 0 Å². The van der Waals surface area contributed by atoms with Crippen LogP contribution in [0, 0.1) is 5.41 Å². The first-order valence-corrected chi connectivity index (χ1v) is 9.33. The van der Waals surface area contributed by atoms with Crippen LogP contribution in [0.25, 0.3) is 0 Å². The lowest BCUT2D eigenvalue weighted by Crippen LogP contribution is -2.32. The van der Waals surface area contributed by atoms with Crippen molar-refractivity contribution in [3.63, 3.8) is 0 Å². The van der Waals surface area contributed by atoms with Crippen molar-refractivity contribution in [1.82, 2.24) is 0 Å². The topological polar surface area (TPSA) is 132 Å². The molecule has 0 fully saturated rings. The van der Waals surface area contributed by atoms with Crippen LogP contribution in [0.1, 0.15) is 27.2 Å². The predicted octanol–water partition coefficient (Wildman–Crippen LogP) is 0.618. The Morgan fingerprint density at radius 3 is 1.24 bits per heavy atom. The maximum absolute atomic E-state index is 11.0. The van der Waals surface area contributed by atoms with E-state index in [1.165, 1.54) is 0 Å². The second-order valence-electron chi connectivity index (χ2n) is 6.39. The van der Waals surface area contributed by atoms with Crippen LogP contribution in [0.3, 0.4) is 0 Å². The third-order valence-corrected chi connectivity index (χ3v) is 3.75. The van der Waals surface area contributed by atoms with Crippen LogP contribution < -0.4 is 0 Å². The van der Waals surface area contributed by atoms with Crippen molar-refractivity contribution in [3.8, 4) is 0 Å². The van der Waals surface area contributed by atoms with Crippen LogP contribution >= 0.6 is 0 Å². The van der Waals surface area contributed by atoms with Crippen LogP contribution in [0.15, 0.2) is 24.3 Å². The Labute approximate surface area is 172 Å². The molecule has 9 heteroatoms. The molecule has 0 saturated carbocycles. The molecule has 0 amide bonds. The maximum atomic E-state index is 11.0. The Kier molecular flexibility index (Phi) is 18.5. The van der Waals surface area contributed by atoms with Crippen molar-refractivity contribution < 1.29 is 43.9 Å². The Hall–Kier alpha value is -1.78. The zero-order chi connectivity index (χ0) is 22.7. The number of hydrogen-bond acceptors (Lipinski definition) is 9. The number of aliphatic hydroxyl groups is 3. The van der Waals surface area contributed by atoms with Crippen molar-refractivity contribution in [2.75, 3.05) is 59.5 Å².